The summed E-state index contributed by atoms with van der Waals surface area (Å²) < 4.78 is 5.48. The average molecular weight is 329 g/mol. The van der Waals surface area contributed by atoms with Gasteiger partial charge in [-0.25, -0.2) is 0 Å². The number of aromatic nitrogens is 2. The van der Waals surface area contributed by atoms with Crippen molar-refractivity contribution in [2.24, 2.45) is 5.73 Å². The highest BCUT2D eigenvalue weighted by molar-refractivity contribution is 5.92. The van der Waals surface area contributed by atoms with Crippen LogP contribution in [0.2, 0.25) is 0 Å². The highest BCUT2D eigenvalue weighted by Crippen LogP contribution is 2.36. The van der Waals surface area contributed by atoms with Crippen LogP contribution in [-0.2, 0) is 0 Å². The lowest BCUT2D eigenvalue weighted by Gasteiger charge is -2.22. The number of para-hydroxylation sites is 1. The average Bonchev–Trinajstić information content (AvgIpc) is 3.11. The predicted octanol–water partition coefficient (Wildman–Crippen LogP) is 4.69. The summed E-state index contributed by atoms with van der Waals surface area (Å²) in [6, 6.07) is 21.7. The van der Waals surface area contributed by atoms with Gasteiger partial charge in [-0.2, -0.15) is 0 Å². The largest absolute Gasteiger partial charge is 0.356 e. The van der Waals surface area contributed by atoms with Crippen LogP contribution in [0.15, 0.2) is 77.4 Å². The minimum absolute atomic E-state index is 0.0838. The number of nitrogens with zero attached hydrogens (tertiary/aromatic N) is 2. The van der Waals surface area contributed by atoms with Gasteiger partial charge in [0.15, 0.2) is 5.58 Å². The highest BCUT2D eigenvalue weighted by Gasteiger charge is 2.22. The maximum Gasteiger partial charge on any atom is 0.167 e. The molecular formula is C21H19N3O. The van der Waals surface area contributed by atoms with E-state index in [0.29, 0.717) is 0 Å². The minimum Gasteiger partial charge on any atom is -0.356 e. The van der Waals surface area contributed by atoms with Crippen LogP contribution < -0.4 is 5.73 Å². The van der Waals surface area contributed by atoms with E-state index in [4.69, 9.17) is 10.3 Å². The molecule has 0 aliphatic rings. The zero-order valence-electron chi connectivity index (χ0n) is 14.0. The zero-order valence-corrected chi connectivity index (χ0v) is 14.0. The number of hydrogen-bond acceptors (Lipinski definition) is 4. The Balaban J connectivity index is 1.79. The molecule has 2 aromatic heterocycles. The molecule has 124 valence electrons. The van der Waals surface area contributed by atoms with E-state index >= 15 is 0 Å². The van der Waals surface area contributed by atoms with Gasteiger partial charge in [-0.05, 0) is 29.8 Å². The number of hydrogen-bond donors (Lipinski definition) is 1. The summed E-state index contributed by atoms with van der Waals surface area (Å²) in [7, 11) is 0. The molecule has 0 aliphatic heterocycles. The molecule has 2 unspecified atom stereocenters. The second kappa shape index (κ2) is 6.49. The molecule has 0 bridgehead atoms. The van der Waals surface area contributed by atoms with Crippen molar-refractivity contribution in [1.29, 1.82) is 0 Å². The third-order valence-corrected chi connectivity index (χ3v) is 4.65. The molecule has 2 aromatic carbocycles. The number of fused-ring (bicyclic) bond motifs is 1. The first-order chi connectivity index (χ1) is 12.3. The third-order valence-electron chi connectivity index (χ3n) is 4.65. The lowest BCUT2D eigenvalue weighted by molar-refractivity contribution is 0.459. The Bertz CT molecular complexity index is 994. The molecule has 0 aliphatic carbocycles. The summed E-state index contributed by atoms with van der Waals surface area (Å²) >= 11 is 0. The van der Waals surface area contributed by atoms with Crippen LogP contribution >= 0.6 is 0 Å². The molecule has 0 fully saturated rings. The molecule has 2 heterocycles. The van der Waals surface area contributed by atoms with Crippen molar-refractivity contribution >= 4 is 11.0 Å². The van der Waals surface area contributed by atoms with Crippen molar-refractivity contribution < 1.29 is 4.52 Å². The normalized spacial score (nSPS) is 13.7. The second-order valence-electron chi connectivity index (χ2n) is 6.18. The van der Waals surface area contributed by atoms with Gasteiger partial charge < -0.3 is 10.3 Å². The SMILES string of the molecule is CC(c1ccccn1)C(N)c1ccccc1-c1noc2ccccc12. The van der Waals surface area contributed by atoms with Gasteiger partial charge in [-0.3, -0.25) is 4.98 Å². The van der Waals surface area contributed by atoms with Gasteiger partial charge in [-0.15, -0.1) is 0 Å². The summed E-state index contributed by atoms with van der Waals surface area (Å²) in [5.41, 5.74) is 11.3. The third kappa shape index (κ3) is 2.81. The quantitative estimate of drug-likeness (QED) is 0.590. The highest BCUT2D eigenvalue weighted by atomic mass is 16.5. The summed E-state index contributed by atoms with van der Waals surface area (Å²) in [6.45, 7) is 2.10. The molecular weight excluding hydrogens is 310 g/mol. The van der Waals surface area contributed by atoms with Crippen LogP contribution in [0.5, 0.6) is 0 Å². The summed E-state index contributed by atoms with van der Waals surface area (Å²) in [5, 5.41) is 5.29. The van der Waals surface area contributed by atoms with Gasteiger partial charge in [0.1, 0.15) is 5.69 Å². The first-order valence-corrected chi connectivity index (χ1v) is 8.36. The fraction of sp³-hybridized carbons (Fsp3) is 0.143. The van der Waals surface area contributed by atoms with Crippen LogP contribution in [-0.4, -0.2) is 10.1 Å². The first kappa shape index (κ1) is 15.5. The lowest BCUT2D eigenvalue weighted by atomic mass is 9.88. The van der Waals surface area contributed by atoms with Gasteiger partial charge in [0, 0.05) is 34.8 Å². The van der Waals surface area contributed by atoms with E-state index in [-0.39, 0.29) is 12.0 Å². The second-order valence-corrected chi connectivity index (χ2v) is 6.18. The summed E-state index contributed by atoms with van der Waals surface area (Å²) in [6.07, 6.45) is 1.80. The Morgan fingerprint density at radius 1 is 0.920 bits per heavy atom. The van der Waals surface area contributed by atoms with E-state index in [9.17, 15) is 0 Å². The molecule has 0 saturated carbocycles. The van der Waals surface area contributed by atoms with Crippen LogP contribution in [0, 0.1) is 0 Å². The van der Waals surface area contributed by atoms with Crippen molar-refractivity contribution in [2.45, 2.75) is 18.9 Å². The van der Waals surface area contributed by atoms with E-state index in [1.807, 2.05) is 60.7 Å². The monoisotopic (exact) mass is 329 g/mol. The van der Waals surface area contributed by atoms with E-state index in [1.54, 1.807) is 6.20 Å². The van der Waals surface area contributed by atoms with Crippen LogP contribution in [0.3, 0.4) is 0 Å². The summed E-state index contributed by atoms with van der Waals surface area (Å²) in [4.78, 5) is 4.45. The topological polar surface area (TPSA) is 64.9 Å². The Morgan fingerprint density at radius 3 is 2.52 bits per heavy atom. The Morgan fingerprint density at radius 2 is 1.68 bits per heavy atom. The van der Waals surface area contributed by atoms with Gasteiger partial charge >= 0.3 is 0 Å². The molecule has 4 nitrogen and oxygen atoms in total. The molecule has 2 atom stereocenters. The number of rotatable bonds is 4. The maximum atomic E-state index is 6.62. The molecule has 25 heavy (non-hydrogen) atoms. The fourth-order valence-corrected chi connectivity index (χ4v) is 3.18. The molecule has 0 radical (unpaired) electrons. The number of nitrogens with two attached hydrogens (primary N) is 1. The molecule has 4 heteroatoms. The predicted molar refractivity (Wildman–Crippen MR) is 99.0 cm³/mol. The zero-order chi connectivity index (χ0) is 17.2. The molecule has 4 rings (SSSR count). The first-order valence-electron chi connectivity index (χ1n) is 8.36. The number of benzene rings is 2. The van der Waals surface area contributed by atoms with Gasteiger partial charge in [0.05, 0.1) is 0 Å². The van der Waals surface area contributed by atoms with Crippen molar-refractivity contribution in [1.82, 2.24) is 10.1 Å². The smallest absolute Gasteiger partial charge is 0.167 e. The van der Waals surface area contributed by atoms with Gasteiger partial charge in [0.2, 0.25) is 0 Å². The molecule has 0 spiro atoms. The van der Waals surface area contributed by atoms with Crippen LogP contribution in [0.1, 0.15) is 30.1 Å². The Hall–Kier alpha value is -2.98. The van der Waals surface area contributed by atoms with Gasteiger partial charge in [-0.1, -0.05) is 54.5 Å². The molecule has 4 aromatic rings. The van der Waals surface area contributed by atoms with Crippen LogP contribution in [0.25, 0.3) is 22.2 Å². The molecule has 0 amide bonds. The minimum atomic E-state index is -0.193. The van der Waals surface area contributed by atoms with E-state index in [0.717, 1.165) is 33.5 Å². The Labute approximate surface area is 146 Å². The standard InChI is InChI=1S/C21H19N3O/c1-14(18-11-6-7-13-23-18)20(22)15-8-2-3-9-16(15)21-17-10-4-5-12-19(17)25-24-21/h2-14,20H,22H2,1H3. The summed E-state index contributed by atoms with van der Waals surface area (Å²) in [5.74, 6) is 0.0838. The van der Waals surface area contributed by atoms with Gasteiger partial charge in [0.25, 0.3) is 0 Å². The van der Waals surface area contributed by atoms with E-state index < -0.39 is 0 Å². The molecule has 0 saturated heterocycles. The fourth-order valence-electron chi connectivity index (χ4n) is 3.18. The maximum absolute atomic E-state index is 6.62. The van der Waals surface area contributed by atoms with Crippen molar-refractivity contribution in [3.05, 3.63) is 84.2 Å². The van der Waals surface area contributed by atoms with E-state index in [1.165, 1.54) is 0 Å². The molecule has 2 N–H and O–H groups in total. The lowest BCUT2D eigenvalue weighted by Crippen LogP contribution is -2.19. The van der Waals surface area contributed by atoms with Crippen molar-refractivity contribution in [2.75, 3.05) is 0 Å². The van der Waals surface area contributed by atoms with Crippen molar-refractivity contribution in [3.8, 4) is 11.3 Å². The van der Waals surface area contributed by atoms with E-state index in [2.05, 4.69) is 23.1 Å². The van der Waals surface area contributed by atoms with Crippen molar-refractivity contribution in [3.63, 3.8) is 0 Å². The van der Waals surface area contributed by atoms with Crippen LogP contribution in [0.4, 0.5) is 0 Å². The number of pyridine rings is 1. The Kier molecular flexibility index (Phi) is 4.04.